The van der Waals surface area contributed by atoms with Crippen LogP contribution in [0.1, 0.15) is 21.7 Å². The van der Waals surface area contributed by atoms with Gasteiger partial charge in [-0.2, -0.15) is 0 Å². The number of thiazole rings is 1. The maximum Gasteiger partial charge on any atom is 0.120 e. The van der Waals surface area contributed by atoms with Crippen molar-refractivity contribution in [2.75, 3.05) is 14.2 Å². The molecule has 0 unspecified atom stereocenters. The topological polar surface area (TPSA) is 31.4 Å². The third-order valence-electron chi connectivity index (χ3n) is 5.39. The van der Waals surface area contributed by atoms with Crippen molar-refractivity contribution in [1.29, 1.82) is 0 Å². The second kappa shape index (κ2) is 7.53. The van der Waals surface area contributed by atoms with Crippen molar-refractivity contribution in [3.63, 3.8) is 0 Å². The molecular weight excluding hydrogens is 378 g/mol. The van der Waals surface area contributed by atoms with E-state index in [1.165, 1.54) is 21.4 Å². The molecule has 0 aliphatic carbocycles. The number of fused-ring (bicyclic) bond motifs is 1. The average molecular weight is 404 g/mol. The van der Waals surface area contributed by atoms with Crippen LogP contribution < -0.4 is 9.47 Å². The summed E-state index contributed by atoms with van der Waals surface area (Å²) < 4.78 is 12.4. The number of hydrogen-bond donors (Lipinski definition) is 0. The van der Waals surface area contributed by atoms with Crippen LogP contribution in [0.5, 0.6) is 11.5 Å². The highest BCUT2D eigenvalue weighted by Gasteiger charge is 2.17. The van der Waals surface area contributed by atoms with Crippen molar-refractivity contribution in [1.82, 2.24) is 4.98 Å². The Morgan fingerprint density at radius 1 is 0.724 bits per heavy atom. The maximum atomic E-state index is 5.69. The Kier molecular flexibility index (Phi) is 5.05. The summed E-state index contributed by atoms with van der Waals surface area (Å²) in [5.74, 6) is 1.69. The summed E-state index contributed by atoms with van der Waals surface area (Å²) in [5, 5.41) is 1.08. The minimum absolute atomic E-state index is 0.837. The van der Waals surface area contributed by atoms with Gasteiger partial charge in [-0.1, -0.05) is 6.07 Å². The monoisotopic (exact) mass is 403 g/mol. The molecule has 0 aliphatic rings. The quantitative estimate of drug-likeness (QED) is 0.372. The van der Waals surface area contributed by atoms with Gasteiger partial charge in [-0.05, 0) is 97.5 Å². The number of hydrogen-bond acceptors (Lipinski definition) is 4. The SMILES string of the molecule is COc1ccc(C)c(-c2cc(OC)cc(-c3cc(C)cc4sc(C)nc34)c2C)c1. The zero-order valence-corrected chi connectivity index (χ0v) is 18.5. The van der Waals surface area contributed by atoms with E-state index in [2.05, 4.69) is 64.1 Å². The van der Waals surface area contributed by atoms with Crippen LogP contribution in [-0.2, 0) is 0 Å². The molecule has 0 saturated carbocycles. The van der Waals surface area contributed by atoms with Gasteiger partial charge in [-0.15, -0.1) is 11.3 Å². The summed E-state index contributed by atoms with van der Waals surface area (Å²) >= 11 is 1.74. The zero-order chi connectivity index (χ0) is 20.7. The lowest BCUT2D eigenvalue weighted by Crippen LogP contribution is -1.95. The Hall–Kier alpha value is -2.85. The van der Waals surface area contributed by atoms with Crippen LogP contribution in [0.3, 0.4) is 0 Å². The summed E-state index contributed by atoms with van der Waals surface area (Å²) in [6, 6.07) is 14.9. The van der Waals surface area contributed by atoms with Gasteiger partial charge >= 0.3 is 0 Å². The first-order valence-electron chi connectivity index (χ1n) is 9.63. The molecule has 3 aromatic carbocycles. The Bertz CT molecular complexity index is 1220. The second-order valence-corrected chi connectivity index (χ2v) is 8.66. The van der Waals surface area contributed by atoms with E-state index in [1.54, 1.807) is 25.6 Å². The lowest BCUT2D eigenvalue weighted by atomic mass is 9.89. The minimum atomic E-state index is 0.837. The number of ether oxygens (including phenoxy) is 2. The molecule has 1 heterocycles. The van der Waals surface area contributed by atoms with Crippen molar-refractivity contribution < 1.29 is 9.47 Å². The number of aryl methyl sites for hydroxylation is 3. The fraction of sp³-hybridized carbons (Fsp3) is 0.240. The Morgan fingerprint density at radius 3 is 2.07 bits per heavy atom. The third-order valence-corrected chi connectivity index (χ3v) is 6.31. The molecule has 0 fully saturated rings. The molecule has 0 radical (unpaired) electrons. The van der Waals surface area contributed by atoms with Crippen LogP contribution in [0.2, 0.25) is 0 Å². The van der Waals surface area contributed by atoms with Gasteiger partial charge in [-0.25, -0.2) is 4.98 Å². The Balaban J connectivity index is 2.04. The van der Waals surface area contributed by atoms with Gasteiger partial charge in [0.15, 0.2) is 0 Å². The van der Waals surface area contributed by atoms with Crippen LogP contribution in [0.4, 0.5) is 0 Å². The van der Waals surface area contributed by atoms with Gasteiger partial charge < -0.3 is 9.47 Å². The Morgan fingerprint density at radius 2 is 1.38 bits per heavy atom. The third kappa shape index (κ3) is 3.49. The fourth-order valence-corrected chi connectivity index (χ4v) is 4.82. The second-order valence-electron chi connectivity index (χ2n) is 7.42. The van der Waals surface area contributed by atoms with Crippen molar-refractivity contribution in [3.8, 4) is 33.8 Å². The first kappa shape index (κ1) is 19.5. The average Bonchev–Trinajstić information content (AvgIpc) is 3.08. The van der Waals surface area contributed by atoms with Gasteiger partial charge in [0.05, 0.1) is 29.4 Å². The summed E-state index contributed by atoms with van der Waals surface area (Å²) in [7, 11) is 3.42. The lowest BCUT2D eigenvalue weighted by Gasteiger charge is -2.17. The van der Waals surface area contributed by atoms with Crippen molar-refractivity contribution in [3.05, 3.63) is 64.2 Å². The maximum absolute atomic E-state index is 5.69. The molecule has 0 bridgehead atoms. The Labute approximate surface area is 176 Å². The smallest absolute Gasteiger partial charge is 0.120 e. The normalized spacial score (nSPS) is 11.1. The molecule has 0 aliphatic heterocycles. The molecule has 0 atom stereocenters. The minimum Gasteiger partial charge on any atom is -0.497 e. The highest BCUT2D eigenvalue weighted by atomic mass is 32.1. The van der Waals surface area contributed by atoms with E-state index in [1.807, 2.05) is 6.07 Å². The van der Waals surface area contributed by atoms with Crippen LogP contribution in [0.15, 0.2) is 42.5 Å². The molecule has 4 heteroatoms. The fourth-order valence-electron chi connectivity index (χ4n) is 3.87. The van der Waals surface area contributed by atoms with E-state index in [9.17, 15) is 0 Å². The standard InChI is InChI=1S/C25H25NO2S/c1-14-9-23(25-24(10-14)29-17(4)26-25)22-13-19(28-6)12-21(16(22)3)20-11-18(27-5)8-7-15(20)2/h7-13H,1-6H3. The molecule has 148 valence electrons. The molecule has 1 aromatic heterocycles. The first-order valence-corrected chi connectivity index (χ1v) is 10.4. The van der Waals surface area contributed by atoms with Crippen LogP contribution >= 0.6 is 11.3 Å². The lowest BCUT2D eigenvalue weighted by molar-refractivity contribution is 0.414. The summed E-state index contributed by atoms with van der Waals surface area (Å²) in [6.45, 7) is 8.51. The van der Waals surface area contributed by atoms with Crippen LogP contribution in [0.25, 0.3) is 32.5 Å². The summed E-state index contributed by atoms with van der Waals surface area (Å²) in [6.07, 6.45) is 0. The predicted octanol–water partition coefficient (Wildman–Crippen LogP) is 6.88. The highest BCUT2D eigenvalue weighted by molar-refractivity contribution is 7.18. The zero-order valence-electron chi connectivity index (χ0n) is 17.7. The summed E-state index contributed by atoms with van der Waals surface area (Å²) in [4.78, 5) is 4.83. The molecule has 4 aromatic rings. The van der Waals surface area contributed by atoms with E-state index in [-0.39, 0.29) is 0 Å². The van der Waals surface area contributed by atoms with Gasteiger partial charge in [-0.3, -0.25) is 0 Å². The number of aromatic nitrogens is 1. The van der Waals surface area contributed by atoms with Gasteiger partial charge in [0.2, 0.25) is 0 Å². The molecule has 0 amide bonds. The number of benzene rings is 3. The summed E-state index contributed by atoms with van der Waals surface area (Å²) in [5.41, 5.74) is 9.31. The number of rotatable bonds is 4. The molecule has 29 heavy (non-hydrogen) atoms. The van der Waals surface area contributed by atoms with E-state index in [4.69, 9.17) is 14.5 Å². The molecular formula is C25H25NO2S. The van der Waals surface area contributed by atoms with Crippen molar-refractivity contribution >= 4 is 21.6 Å². The van der Waals surface area contributed by atoms with Gasteiger partial charge in [0.1, 0.15) is 11.5 Å². The van der Waals surface area contributed by atoms with Crippen molar-refractivity contribution in [2.45, 2.75) is 27.7 Å². The van der Waals surface area contributed by atoms with E-state index < -0.39 is 0 Å². The molecule has 0 N–H and O–H groups in total. The largest absolute Gasteiger partial charge is 0.497 e. The van der Waals surface area contributed by atoms with E-state index in [0.29, 0.717) is 0 Å². The first-order chi connectivity index (χ1) is 13.9. The molecule has 0 saturated heterocycles. The highest BCUT2D eigenvalue weighted by Crippen LogP contribution is 2.41. The molecule has 3 nitrogen and oxygen atoms in total. The number of methoxy groups -OCH3 is 2. The van der Waals surface area contributed by atoms with E-state index >= 15 is 0 Å². The van der Waals surface area contributed by atoms with Gasteiger partial charge in [0.25, 0.3) is 0 Å². The molecule has 4 rings (SSSR count). The van der Waals surface area contributed by atoms with Crippen LogP contribution in [0, 0.1) is 27.7 Å². The van der Waals surface area contributed by atoms with Crippen LogP contribution in [-0.4, -0.2) is 19.2 Å². The van der Waals surface area contributed by atoms with E-state index in [0.717, 1.165) is 44.3 Å². The van der Waals surface area contributed by atoms with Crippen molar-refractivity contribution in [2.24, 2.45) is 0 Å². The molecule has 0 spiro atoms. The number of nitrogens with zero attached hydrogens (tertiary/aromatic N) is 1. The van der Waals surface area contributed by atoms with Gasteiger partial charge in [0, 0.05) is 5.56 Å². The predicted molar refractivity (Wildman–Crippen MR) is 123 cm³/mol.